The van der Waals surface area contributed by atoms with Crippen LogP contribution in [0.25, 0.3) is 11.6 Å². The normalized spacial score (nSPS) is 13.3. The molecule has 1 unspecified atom stereocenters. The molecule has 0 fully saturated rings. The van der Waals surface area contributed by atoms with Gasteiger partial charge in [0, 0.05) is 0 Å². The molecule has 0 aliphatic carbocycles. The number of rotatable bonds is 8. The third-order valence-corrected chi connectivity index (χ3v) is 3.36. The number of nitrogen functional groups attached to an aromatic ring is 1. The molecule has 0 aliphatic rings. The zero-order valence-electron chi connectivity index (χ0n) is 12.0. The van der Waals surface area contributed by atoms with Crippen LogP contribution in [0.1, 0.15) is 50.9 Å². The average molecular weight is 260 g/mol. The number of nitrogens with zero attached hydrogens (tertiary/aromatic N) is 1. The second-order valence-corrected chi connectivity index (χ2v) is 4.62. The summed E-state index contributed by atoms with van der Waals surface area (Å²) in [5, 5.41) is 3.84. The molecule has 0 amide bonds. The summed E-state index contributed by atoms with van der Waals surface area (Å²) < 4.78 is 5.20. The van der Waals surface area contributed by atoms with Crippen LogP contribution in [0.2, 0.25) is 0 Å². The molecule has 2 N–H and O–H groups in total. The number of unbranched alkanes of at least 4 members (excludes halogenated alkanes) is 1. The van der Waals surface area contributed by atoms with Crippen LogP contribution in [0.15, 0.2) is 29.8 Å². The van der Waals surface area contributed by atoms with Gasteiger partial charge in [-0.2, -0.15) is 0 Å². The maximum absolute atomic E-state index is 5.94. The highest BCUT2D eigenvalue weighted by Crippen LogP contribution is 2.35. The van der Waals surface area contributed by atoms with Gasteiger partial charge in [-0.25, -0.2) is 0 Å². The van der Waals surface area contributed by atoms with Gasteiger partial charge in [-0.1, -0.05) is 57.2 Å². The van der Waals surface area contributed by atoms with E-state index in [2.05, 4.69) is 32.2 Å². The predicted octanol–water partition coefficient (Wildman–Crippen LogP) is 4.69. The zero-order chi connectivity index (χ0) is 14.3. The van der Waals surface area contributed by atoms with Gasteiger partial charge in [-0.05, 0) is 30.4 Å². The molecule has 0 bridgehead atoms. The van der Waals surface area contributed by atoms with Crippen LogP contribution in [0.3, 0.4) is 0 Å². The number of hydrogen-bond acceptors (Lipinski definition) is 3. The maximum Gasteiger partial charge on any atom is 0.175 e. The van der Waals surface area contributed by atoms with Crippen molar-refractivity contribution in [1.29, 1.82) is 0 Å². The topological polar surface area (TPSA) is 52.0 Å². The van der Waals surface area contributed by atoms with Crippen molar-refractivity contribution < 1.29 is 4.52 Å². The van der Waals surface area contributed by atoms with Crippen molar-refractivity contribution in [3.05, 3.63) is 36.6 Å². The summed E-state index contributed by atoms with van der Waals surface area (Å²) in [6.45, 7) is 11.9. The van der Waals surface area contributed by atoms with Crippen molar-refractivity contribution in [3.63, 3.8) is 0 Å². The highest BCUT2D eigenvalue weighted by atomic mass is 16.5. The van der Waals surface area contributed by atoms with Crippen LogP contribution in [0.5, 0.6) is 0 Å². The molecule has 0 radical (unpaired) electrons. The smallest absolute Gasteiger partial charge is 0.175 e. The van der Waals surface area contributed by atoms with E-state index in [1.807, 2.05) is 6.08 Å². The molecule has 3 heteroatoms. The fraction of sp³-hybridized carbons (Fsp3) is 0.438. The molecule has 1 aromatic heterocycles. The Kier molecular flexibility index (Phi) is 6.13. The first-order valence-corrected chi connectivity index (χ1v) is 6.90. The van der Waals surface area contributed by atoms with Gasteiger partial charge in [0.2, 0.25) is 0 Å². The number of nitrogens with two attached hydrogens (primary N) is 1. The van der Waals surface area contributed by atoms with E-state index in [9.17, 15) is 0 Å². The Balaban J connectivity index is 3.19. The molecule has 1 rings (SSSR count). The van der Waals surface area contributed by atoms with Crippen LogP contribution in [-0.2, 0) is 0 Å². The fourth-order valence-corrected chi connectivity index (χ4v) is 2.33. The highest BCUT2D eigenvalue weighted by molar-refractivity contribution is 5.80. The van der Waals surface area contributed by atoms with Gasteiger partial charge >= 0.3 is 0 Å². The van der Waals surface area contributed by atoms with Crippen molar-refractivity contribution >= 4 is 17.5 Å². The molecule has 0 saturated heterocycles. The molecular formula is C16H24N2O. The Bertz CT molecular complexity index is 457. The van der Waals surface area contributed by atoms with Crippen LogP contribution in [-0.4, -0.2) is 5.16 Å². The third-order valence-electron chi connectivity index (χ3n) is 3.36. The van der Waals surface area contributed by atoms with Crippen LogP contribution in [0, 0.1) is 5.92 Å². The van der Waals surface area contributed by atoms with Crippen molar-refractivity contribution in [1.82, 2.24) is 5.16 Å². The summed E-state index contributed by atoms with van der Waals surface area (Å²) >= 11 is 0. The lowest BCUT2D eigenvalue weighted by Gasteiger charge is -2.18. The van der Waals surface area contributed by atoms with Crippen molar-refractivity contribution in [2.45, 2.75) is 39.5 Å². The second-order valence-electron chi connectivity index (χ2n) is 4.62. The van der Waals surface area contributed by atoms with Gasteiger partial charge in [-0.3, -0.25) is 0 Å². The van der Waals surface area contributed by atoms with E-state index in [-0.39, 0.29) is 0 Å². The molecule has 1 heterocycles. The minimum Gasteiger partial charge on any atom is -0.380 e. The first kappa shape index (κ1) is 15.3. The first-order chi connectivity index (χ1) is 9.19. The lowest BCUT2D eigenvalue weighted by atomic mass is 9.86. The van der Waals surface area contributed by atoms with Crippen LogP contribution in [0.4, 0.5) is 5.82 Å². The SMILES string of the molecule is C=C/C=C(\c1c(N)noc1C=C)C(CC)CCCC. The second kappa shape index (κ2) is 7.62. The van der Waals surface area contributed by atoms with E-state index in [1.54, 1.807) is 12.2 Å². The van der Waals surface area contributed by atoms with Crippen LogP contribution >= 0.6 is 0 Å². The van der Waals surface area contributed by atoms with Gasteiger partial charge in [0.25, 0.3) is 0 Å². The van der Waals surface area contributed by atoms with Gasteiger partial charge < -0.3 is 10.3 Å². The Morgan fingerprint density at radius 2 is 2.16 bits per heavy atom. The van der Waals surface area contributed by atoms with Crippen molar-refractivity contribution in [2.75, 3.05) is 5.73 Å². The molecule has 0 aromatic carbocycles. The minimum absolute atomic E-state index is 0.429. The standard InChI is InChI=1S/C16H24N2O/c1-5-9-11-12(7-3)13(10-6-2)15-14(8-4)19-18-16(15)17/h6,8,10,12H,2,4-5,7,9,11H2,1,3H3,(H2,17,18)/b13-10-. The Morgan fingerprint density at radius 1 is 1.42 bits per heavy atom. The zero-order valence-corrected chi connectivity index (χ0v) is 12.0. The molecule has 0 aliphatic heterocycles. The molecule has 1 atom stereocenters. The summed E-state index contributed by atoms with van der Waals surface area (Å²) in [7, 11) is 0. The van der Waals surface area contributed by atoms with Gasteiger partial charge in [0.1, 0.15) is 0 Å². The summed E-state index contributed by atoms with van der Waals surface area (Å²) in [5.74, 6) is 1.51. The number of allylic oxidation sites excluding steroid dienone is 3. The Labute approximate surface area is 115 Å². The predicted molar refractivity (Wildman–Crippen MR) is 82.5 cm³/mol. The Hall–Kier alpha value is -1.77. The van der Waals surface area contributed by atoms with E-state index >= 15 is 0 Å². The highest BCUT2D eigenvalue weighted by Gasteiger charge is 2.21. The molecule has 104 valence electrons. The molecule has 0 saturated carbocycles. The van der Waals surface area contributed by atoms with Gasteiger partial charge in [0.15, 0.2) is 11.6 Å². The quantitative estimate of drug-likeness (QED) is 0.690. The Morgan fingerprint density at radius 3 is 2.68 bits per heavy atom. The summed E-state index contributed by atoms with van der Waals surface area (Å²) in [4.78, 5) is 0. The number of anilines is 1. The fourth-order valence-electron chi connectivity index (χ4n) is 2.33. The van der Waals surface area contributed by atoms with E-state index in [0.29, 0.717) is 17.5 Å². The van der Waals surface area contributed by atoms with Gasteiger partial charge in [0.05, 0.1) is 5.56 Å². The lowest BCUT2D eigenvalue weighted by molar-refractivity contribution is 0.415. The summed E-state index contributed by atoms with van der Waals surface area (Å²) in [5.41, 5.74) is 7.97. The minimum atomic E-state index is 0.429. The monoisotopic (exact) mass is 260 g/mol. The number of hydrogen-bond donors (Lipinski definition) is 1. The van der Waals surface area contributed by atoms with E-state index in [0.717, 1.165) is 24.0 Å². The molecule has 0 spiro atoms. The molecule has 1 aromatic rings. The van der Waals surface area contributed by atoms with Gasteiger partial charge in [-0.15, -0.1) is 0 Å². The third kappa shape index (κ3) is 3.60. The molecular weight excluding hydrogens is 236 g/mol. The molecule has 3 nitrogen and oxygen atoms in total. The largest absolute Gasteiger partial charge is 0.380 e. The van der Waals surface area contributed by atoms with E-state index in [4.69, 9.17) is 10.3 Å². The summed E-state index contributed by atoms with van der Waals surface area (Å²) in [6, 6.07) is 0. The molecule has 19 heavy (non-hydrogen) atoms. The van der Waals surface area contributed by atoms with Crippen molar-refractivity contribution in [2.24, 2.45) is 5.92 Å². The maximum atomic E-state index is 5.94. The summed E-state index contributed by atoms with van der Waals surface area (Å²) in [6.07, 6.45) is 10.0. The first-order valence-electron chi connectivity index (χ1n) is 6.90. The van der Waals surface area contributed by atoms with E-state index in [1.165, 1.54) is 12.8 Å². The number of aromatic nitrogens is 1. The lowest BCUT2D eigenvalue weighted by Crippen LogP contribution is -2.05. The van der Waals surface area contributed by atoms with Crippen LogP contribution < -0.4 is 5.73 Å². The average Bonchev–Trinajstić information content (AvgIpc) is 2.79. The van der Waals surface area contributed by atoms with E-state index < -0.39 is 0 Å². The van der Waals surface area contributed by atoms with Crippen molar-refractivity contribution in [3.8, 4) is 0 Å².